The highest BCUT2D eigenvalue weighted by molar-refractivity contribution is 9.10. The smallest absolute Gasteiger partial charge is 0.122 e. The van der Waals surface area contributed by atoms with Crippen LogP contribution in [0.3, 0.4) is 0 Å². The largest absolute Gasteiger partial charge is 0.388 e. The van der Waals surface area contributed by atoms with E-state index in [1.807, 2.05) is 12.1 Å². The van der Waals surface area contributed by atoms with E-state index in [4.69, 9.17) is 41.2 Å². The zero-order valence-electron chi connectivity index (χ0n) is 9.45. The van der Waals surface area contributed by atoms with E-state index in [1.54, 1.807) is 18.3 Å². The lowest BCUT2D eigenvalue weighted by Gasteiger charge is -2.11. The molecule has 98 valence electrons. The fourth-order valence-electron chi connectivity index (χ4n) is 1.42. The molecule has 0 aliphatic heterocycles. The van der Waals surface area contributed by atoms with Crippen molar-refractivity contribution in [3.05, 3.63) is 50.7 Å². The van der Waals surface area contributed by atoms with Crippen molar-refractivity contribution in [3.8, 4) is 0 Å². The van der Waals surface area contributed by atoms with Crippen molar-refractivity contribution in [3.63, 3.8) is 0 Å². The number of rotatable bonds is 3. The van der Waals surface area contributed by atoms with Crippen LogP contribution in [0.5, 0.6) is 0 Å². The molecule has 0 amide bonds. The Morgan fingerprint density at radius 1 is 1.26 bits per heavy atom. The lowest BCUT2D eigenvalue weighted by Crippen LogP contribution is -2.11. The monoisotopic (exact) mass is 375 g/mol. The van der Waals surface area contributed by atoms with E-state index in [0.29, 0.717) is 21.4 Å². The fraction of sp³-hybridized carbons (Fsp3) is 0. The maximum atomic E-state index is 6.16. The first-order chi connectivity index (χ1) is 8.99. The average molecular weight is 377 g/mol. The van der Waals surface area contributed by atoms with Crippen molar-refractivity contribution in [1.82, 2.24) is 4.98 Å². The van der Waals surface area contributed by atoms with Crippen molar-refractivity contribution in [1.29, 1.82) is 0 Å². The summed E-state index contributed by atoms with van der Waals surface area (Å²) in [4.78, 5) is 4.30. The second kappa shape index (κ2) is 6.05. The zero-order valence-corrected chi connectivity index (χ0v) is 13.4. The van der Waals surface area contributed by atoms with Gasteiger partial charge >= 0.3 is 0 Å². The molecule has 0 fully saturated rings. The van der Waals surface area contributed by atoms with Crippen LogP contribution < -0.4 is 11.1 Å². The molecule has 7 heteroatoms. The van der Waals surface area contributed by atoms with Crippen LogP contribution in [0.4, 0.5) is 11.4 Å². The highest BCUT2D eigenvalue weighted by atomic mass is 79.9. The van der Waals surface area contributed by atoms with E-state index in [2.05, 4.69) is 26.2 Å². The first kappa shape index (κ1) is 14.5. The maximum Gasteiger partial charge on any atom is 0.122 e. The third-order valence-corrected chi connectivity index (χ3v) is 4.31. The molecule has 0 spiro atoms. The molecule has 0 atom stereocenters. The summed E-state index contributed by atoms with van der Waals surface area (Å²) in [7, 11) is 0. The van der Waals surface area contributed by atoms with E-state index < -0.39 is 0 Å². The number of pyridine rings is 1. The number of benzene rings is 1. The van der Waals surface area contributed by atoms with Crippen LogP contribution in [-0.2, 0) is 0 Å². The molecule has 0 bridgehead atoms. The van der Waals surface area contributed by atoms with Gasteiger partial charge in [0.2, 0.25) is 0 Å². The Labute approximate surface area is 134 Å². The van der Waals surface area contributed by atoms with Crippen molar-refractivity contribution >= 4 is 67.7 Å². The summed E-state index contributed by atoms with van der Waals surface area (Å²) in [6.07, 6.45) is 1.62. The fourth-order valence-corrected chi connectivity index (χ4v) is 2.35. The lowest BCUT2D eigenvalue weighted by atomic mass is 10.2. The van der Waals surface area contributed by atoms with Gasteiger partial charge in [-0.05, 0) is 40.2 Å². The van der Waals surface area contributed by atoms with Gasteiger partial charge in [-0.3, -0.25) is 4.98 Å². The first-order valence-electron chi connectivity index (χ1n) is 5.15. The summed E-state index contributed by atoms with van der Waals surface area (Å²) in [6.45, 7) is 0. The minimum atomic E-state index is 0.239. The molecule has 1 aromatic carbocycles. The first-order valence-corrected chi connectivity index (χ1v) is 7.11. The number of halogens is 3. The molecule has 2 rings (SSSR count). The van der Waals surface area contributed by atoms with Gasteiger partial charge in [-0.15, -0.1) is 0 Å². The number of aromatic nitrogens is 1. The number of hydrogen-bond acceptors (Lipinski definition) is 3. The Morgan fingerprint density at radius 2 is 2.00 bits per heavy atom. The molecule has 1 heterocycles. The summed E-state index contributed by atoms with van der Waals surface area (Å²) in [5.74, 6) is 0. The van der Waals surface area contributed by atoms with Crippen LogP contribution in [-0.4, -0.2) is 9.97 Å². The van der Waals surface area contributed by atoms with Gasteiger partial charge in [-0.2, -0.15) is 0 Å². The number of thiocarbonyl (C=S) groups is 1. The molecule has 0 radical (unpaired) electrons. The van der Waals surface area contributed by atoms with Gasteiger partial charge in [0, 0.05) is 16.4 Å². The Morgan fingerprint density at radius 3 is 2.68 bits per heavy atom. The predicted molar refractivity (Wildman–Crippen MR) is 87.6 cm³/mol. The maximum absolute atomic E-state index is 6.16. The summed E-state index contributed by atoms with van der Waals surface area (Å²) in [5, 5.41) is 4.03. The molecule has 0 saturated carbocycles. The molecule has 19 heavy (non-hydrogen) atoms. The van der Waals surface area contributed by atoms with Gasteiger partial charge in [-0.25, -0.2) is 0 Å². The van der Waals surface area contributed by atoms with E-state index >= 15 is 0 Å². The standard InChI is InChI=1S/C12H8BrCl2N3S/c13-7-1-2-8(11(15)10(7)14)18-6-3-4-17-9(5-6)12(16)19/h1-5H,(H2,16,19)(H,17,18). The normalized spacial score (nSPS) is 10.3. The summed E-state index contributed by atoms with van der Waals surface area (Å²) in [5.41, 5.74) is 7.54. The highest BCUT2D eigenvalue weighted by Crippen LogP contribution is 2.37. The van der Waals surface area contributed by atoms with Gasteiger partial charge in [0.05, 0.1) is 21.4 Å². The van der Waals surface area contributed by atoms with Crippen molar-refractivity contribution in [2.75, 3.05) is 5.32 Å². The topological polar surface area (TPSA) is 50.9 Å². The van der Waals surface area contributed by atoms with E-state index in [-0.39, 0.29) is 4.99 Å². The van der Waals surface area contributed by atoms with Gasteiger partial charge < -0.3 is 11.1 Å². The van der Waals surface area contributed by atoms with Gasteiger partial charge in [0.25, 0.3) is 0 Å². The molecular formula is C12H8BrCl2N3S. The van der Waals surface area contributed by atoms with Gasteiger partial charge in [0.15, 0.2) is 0 Å². The summed E-state index contributed by atoms with van der Waals surface area (Å²) in [6, 6.07) is 7.16. The Hall–Kier alpha value is -0.880. The molecular weight excluding hydrogens is 369 g/mol. The number of anilines is 2. The van der Waals surface area contributed by atoms with Crippen LogP contribution in [0.25, 0.3) is 0 Å². The molecule has 0 aliphatic rings. The number of nitrogens with one attached hydrogen (secondary N) is 1. The highest BCUT2D eigenvalue weighted by Gasteiger charge is 2.09. The van der Waals surface area contributed by atoms with E-state index in [1.165, 1.54) is 0 Å². The summed E-state index contributed by atoms with van der Waals surface area (Å²) >= 11 is 20.4. The van der Waals surface area contributed by atoms with E-state index in [0.717, 1.165) is 10.2 Å². The van der Waals surface area contributed by atoms with Crippen molar-refractivity contribution in [2.45, 2.75) is 0 Å². The summed E-state index contributed by atoms with van der Waals surface area (Å²) < 4.78 is 0.739. The van der Waals surface area contributed by atoms with Crippen LogP contribution in [0.15, 0.2) is 34.9 Å². The van der Waals surface area contributed by atoms with Gasteiger partial charge in [-0.1, -0.05) is 35.4 Å². The van der Waals surface area contributed by atoms with Crippen LogP contribution >= 0.6 is 51.3 Å². The molecule has 2 aromatic rings. The Balaban J connectivity index is 2.34. The molecule has 0 aliphatic carbocycles. The average Bonchev–Trinajstić information content (AvgIpc) is 2.40. The third-order valence-electron chi connectivity index (χ3n) is 2.33. The zero-order chi connectivity index (χ0) is 14.0. The van der Waals surface area contributed by atoms with Crippen LogP contribution in [0.2, 0.25) is 10.0 Å². The number of nitrogens with two attached hydrogens (primary N) is 1. The second-order valence-electron chi connectivity index (χ2n) is 3.64. The quantitative estimate of drug-likeness (QED) is 0.610. The Kier molecular flexibility index (Phi) is 4.62. The second-order valence-corrected chi connectivity index (χ2v) is 5.69. The minimum Gasteiger partial charge on any atom is -0.388 e. The predicted octanol–water partition coefficient (Wildman–Crippen LogP) is 4.53. The SMILES string of the molecule is NC(=S)c1cc(Nc2ccc(Br)c(Cl)c2Cl)ccn1. The number of nitrogens with zero attached hydrogens (tertiary/aromatic N) is 1. The molecule has 3 nitrogen and oxygen atoms in total. The van der Waals surface area contributed by atoms with Crippen molar-refractivity contribution < 1.29 is 0 Å². The Bertz CT molecular complexity index is 649. The van der Waals surface area contributed by atoms with E-state index in [9.17, 15) is 0 Å². The molecule has 1 aromatic heterocycles. The van der Waals surface area contributed by atoms with Gasteiger partial charge in [0.1, 0.15) is 4.99 Å². The van der Waals surface area contributed by atoms with Crippen molar-refractivity contribution in [2.24, 2.45) is 5.73 Å². The number of hydrogen-bond donors (Lipinski definition) is 2. The molecule has 0 unspecified atom stereocenters. The van der Waals surface area contributed by atoms with Crippen LogP contribution in [0.1, 0.15) is 5.69 Å². The minimum absolute atomic E-state index is 0.239. The molecule has 0 saturated heterocycles. The van der Waals surface area contributed by atoms with Crippen LogP contribution in [0, 0.1) is 0 Å². The lowest BCUT2D eigenvalue weighted by molar-refractivity contribution is 1.29. The third kappa shape index (κ3) is 3.36. The molecule has 3 N–H and O–H groups in total.